The van der Waals surface area contributed by atoms with Gasteiger partial charge in [0, 0.05) is 26.2 Å². The third kappa shape index (κ3) is 3.10. The number of nitrogens with zero attached hydrogens (tertiary/aromatic N) is 1. The van der Waals surface area contributed by atoms with Crippen LogP contribution in [0.4, 0.5) is 0 Å². The molecule has 1 heterocycles. The summed E-state index contributed by atoms with van der Waals surface area (Å²) in [6.07, 6.45) is 2.72. The van der Waals surface area contributed by atoms with E-state index in [-0.39, 0.29) is 0 Å². The van der Waals surface area contributed by atoms with Crippen LogP contribution in [0.2, 0.25) is 0 Å². The van der Waals surface area contributed by atoms with Crippen molar-refractivity contribution in [3.05, 3.63) is 35.4 Å². The first kappa shape index (κ1) is 13.5. The van der Waals surface area contributed by atoms with Crippen molar-refractivity contribution in [1.29, 1.82) is 0 Å². The highest BCUT2D eigenvalue weighted by Crippen LogP contribution is 2.25. The molecule has 1 aliphatic heterocycles. The van der Waals surface area contributed by atoms with Gasteiger partial charge in [-0.3, -0.25) is 4.90 Å². The van der Waals surface area contributed by atoms with E-state index in [0.717, 1.165) is 19.5 Å². The molecule has 2 rings (SSSR count). The van der Waals surface area contributed by atoms with Crippen LogP contribution in [0.25, 0.3) is 0 Å². The molecule has 1 aromatic rings. The molecule has 0 bridgehead atoms. The lowest BCUT2D eigenvalue weighted by atomic mass is 9.99. The molecule has 1 saturated heterocycles. The summed E-state index contributed by atoms with van der Waals surface area (Å²) in [4.78, 5) is 2.46. The second-order valence-corrected chi connectivity index (χ2v) is 5.16. The molecule has 1 fully saturated rings. The quantitative estimate of drug-likeness (QED) is 0.887. The smallest absolute Gasteiger partial charge is 0.0698 e. The van der Waals surface area contributed by atoms with Gasteiger partial charge < -0.3 is 10.5 Å². The molecule has 100 valence electrons. The van der Waals surface area contributed by atoms with Crippen molar-refractivity contribution in [3.63, 3.8) is 0 Å². The second kappa shape index (κ2) is 6.32. The van der Waals surface area contributed by atoms with Crippen molar-refractivity contribution in [1.82, 2.24) is 4.90 Å². The fraction of sp³-hybridized carbons (Fsp3) is 0.600. The molecule has 2 atom stereocenters. The lowest BCUT2D eigenvalue weighted by molar-refractivity contribution is 0.0155. The van der Waals surface area contributed by atoms with Gasteiger partial charge in [0.2, 0.25) is 0 Å². The van der Waals surface area contributed by atoms with E-state index < -0.39 is 0 Å². The van der Waals surface area contributed by atoms with Crippen LogP contribution in [0.5, 0.6) is 0 Å². The number of piperidine rings is 1. The monoisotopic (exact) mass is 248 g/mol. The van der Waals surface area contributed by atoms with Gasteiger partial charge in [-0.2, -0.15) is 0 Å². The van der Waals surface area contributed by atoms with Gasteiger partial charge in [-0.25, -0.2) is 0 Å². The van der Waals surface area contributed by atoms with Gasteiger partial charge >= 0.3 is 0 Å². The molecule has 2 unspecified atom stereocenters. The number of benzene rings is 1. The molecule has 2 N–H and O–H groups in total. The van der Waals surface area contributed by atoms with Gasteiger partial charge in [0.25, 0.3) is 0 Å². The van der Waals surface area contributed by atoms with E-state index in [1.165, 1.54) is 17.5 Å². The van der Waals surface area contributed by atoms with Crippen molar-refractivity contribution in [3.8, 4) is 0 Å². The molecule has 0 saturated carbocycles. The Bertz CT molecular complexity index is 381. The maximum atomic E-state index is 5.99. The van der Waals surface area contributed by atoms with Crippen molar-refractivity contribution in [2.24, 2.45) is 5.73 Å². The first-order valence-corrected chi connectivity index (χ1v) is 6.78. The molecule has 0 radical (unpaired) electrons. The van der Waals surface area contributed by atoms with Crippen molar-refractivity contribution >= 4 is 0 Å². The number of aryl methyl sites for hydroxylation is 1. The van der Waals surface area contributed by atoms with Gasteiger partial charge in [-0.1, -0.05) is 29.8 Å². The number of likely N-dealkylation sites (tertiary alicyclic amines) is 1. The van der Waals surface area contributed by atoms with Crippen LogP contribution in [-0.4, -0.2) is 37.7 Å². The average Bonchev–Trinajstić information content (AvgIpc) is 2.40. The van der Waals surface area contributed by atoms with Gasteiger partial charge in [-0.15, -0.1) is 0 Å². The Balaban J connectivity index is 2.12. The maximum Gasteiger partial charge on any atom is 0.0698 e. The third-order valence-corrected chi connectivity index (χ3v) is 3.83. The van der Waals surface area contributed by atoms with Crippen LogP contribution in [0.15, 0.2) is 24.3 Å². The molecule has 0 amide bonds. The number of ether oxygens (including phenoxy) is 1. The molecular weight excluding hydrogens is 224 g/mol. The first-order chi connectivity index (χ1) is 8.74. The summed E-state index contributed by atoms with van der Waals surface area (Å²) in [6.45, 7) is 4.91. The van der Waals surface area contributed by atoms with Gasteiger partial charge in [0.1, 0.15) is 0 Å². The lowest BCUT2D eigenvalue weighted by Gasteiger charge is -2.37. The van der Waals surface area contributed by atoms with Crippen molar-refractivity contribution in [2.45, 2.75) is 31.9 Å². The first-order valence-electron chi connectivity index (χ1n) is 6.78. The zero-order chi connectivity index (χ0) is 13.0. The molecule has 3 nitrogen and oxygen atoms in total. The lowest BCUT2D eigenvalue weighted by Crippen LogP contribution is -2.43. The molecule has 0 aromatic heterocycles. The Hall–Kier alpha value is -0.900. The van der Waals surface area contributed by atoms with Gasteiger partial charge in [0.05, 0.1) is 6.10 Å². The minimum Gasteiger partial charge on any atom is -0.380 e. The Kier molecular flexibility index (Phi) is 4.75. The Morgan fingerprint density at radius 2 is 2.33 bits per heavy atom. The molecule has 0 spiro atoms. The summed E-state index contributed by atoms with van der Waals surface area (Å²) in [7, 11) is 1.80. The largest absolute Gasteiger partial charge is 0.380 e. The van der Waals surface area contributed by atoms with Gasteiger partial charge in [-0.05, 0) is 31.9 Å². The number of methoxy groups -OCH3 is 1. The van der Waals surface area contributed by atoms with E-state index in [1.807, 2.05) is 0 Å². The zero-order valence-corrected chi connectivity index (χ0v) is 11.4. The summed E-state index contributed by atoms with van der Waals surface area (Å²) in [5, 5.41) is 0. The van der Waals surface area contributed by atoms with E-state index >= 15 is 0 Å². The second-order valence-electron chi connectivity index (χ2n) is 5.16. The average molecular weight is 248 g/mol. The molecule has 3 heteroatoms. The summed E-state index contributed by atoms with van der Waals surface area (Å²) < 4.78 is 5.49. The highest BCUT2D eigenvalue weighted by molar-refractivity contribution is 5.25. The number of rotatable bonds is 4. The van der Waals surface area contributed by atoms with Crippen LogP contribution >= 0.6 is 0 Å². The van der Waals surface area contributed by atoms with E-state index in [0.29, 0.717) is 18.7 Å². The van der Waals surface area contributed by atoms with Crippen LogP contribution in [0.3, 0.4) is 0 Å². The standard InChI is InChI=1S/C15H24N2O/c1-12-5-3-6-13(9-12)15(10-16)17-8-4-7-14(11-17)18-2/h3,5-6,9,14-15H,4,7-8,10-11,16H2,1-2H3. The number of hydrogen-bond donors (Lipinski definition) is 1. The summed E-state index contributed by atoms with van der Waals surface area (Å²) in [5.41, 5.74) is 8.62. The molecule has 0 aliphatic carbocycles. The zero-order valence-electron chi connectivity index (χ0n) is 11.4. The normalized spacial score (nSPS) is 22.9. The van der Waals surface area contributed by atoms with Gasteiger partial charge in [0.15, 0.2) is 0 Å². The Labute approximate surface area is 110 Å². The summed E-state index contributed by atoms with van der Waals surface area (Å²) in [6, 6.07) is 8.99. The number of hydrogen-bond acceptors (Lipinski definition) is 3. The molecule has 1 aliphatic rings. The molecule has 1 aromatic carbocycles. The fourth-order valence-corrected chi connectivity index (χ4v) is 2.82. The summed E-state index contributed by atoms with van der Waals surface area (Å²) in [5.74, 6) is 0. The minimum atomic E-state index is 0.322. The van der Waals surface area contributed by atoms with E-state index in [1.54, 1.807) is 7.11 Å². The predicted molar refractivity (Wildman–Crippen MR) is 74.6 cm³/mol. The fourth-order valence-electron chi connectivity index (χ4n) is 2.82. The minimum absolute atomic E-state index is 0.322. The maximum absolute atomic E-state index is 5.99. The van der Waals surface area contributed by atoms with E-state index in [9.17, 15) is 0 Å². The highest BCUT2D eigenvalue weighted by Gasteiger charge is 2.25. The van der Waals surface area contributed by atoms with E-state index in [4.69, 9.17) is 10.5 Å². The third-order valence-electron chi connectivity index (χ3n) is 3.83. The van der Waals surface area contributed by atoms with Crippen LogP contribution in [-0.2, 0) is 4.74 Å². The Morgan fingerprint density at radius 3 is 3.00 bits per heavy atom. The molecular formula is C15H24N2O. The summed E-state index contributed by atoms with van der Waals surface area (Å²) >= 11 is 0. The Morgan fingerprint density at radius 1 is 1.50 bits per heavy atom. The molecule has 18 heavy (non-hydrogen) atoms. The van der Waals surface area contributed by atoms with Crippen LogP contribution in [0, 0.1) is 6.92 Å². The highest BCUT2D eigenvalue weighted by atomic mass is 16.5. The number of nitrogens with two attached hydrogens (primary N) is 1. The SMILES string of the molecule is COC1CCCN(C(CN)c2cccc(C)c2)C1. The van der Waals surface area contributed by atoms with Crippen LogP contribution < -0.4 is 5.73 Å². The topological polar surface area (TPSA) is 38.5 Å². The predicted octanol–water partition coefficient (Wildman–Crippen LogP) is 2.11. The van der Waals surface area contributed by atoms with Crippen molar-refractivity contribution < 1.29 is 4.74 Å². The van der Waals surface area contributed by atoms with E-state index in [2.05, 4.69) is 36.1 Å². The van der Waals surface area contributed by atoms with Crippen molar-refractivity contribution in [2.75, 3.05) is 26.7 Å². The van der Waals surface area contributed by atoms with Crippen LogP contribution in [0.1, 0.15) is 30.0 Å².